The van der Waals surface area contributed by atoms with Gasteiger partial charge in [0, 0.05) is 30.6 Å². The zero-order valence-corrected chi connectivity index (χ0v) is 17.2. The number of pyridine rings is 1. The Kier molecular flexibility index (Phi) is 4.85. The van der Waals surface area contributed by atoms with Crippen LogP contribution < -0.4 is 10.1 Å². The number of benzene rings is 1. The Morgan fingerprint density at radius 2 is 2.14 bits per heavy atom. The summed E-state index contributed by atoms with van der Waals surface area (Å²) in [6.07, 6.45) is 8.58. The average Bonchev–Trinajstić information content (AvgIpc) is 3.32. The van der Waals surface area contributed by atoms with Crippen LogP contribution in [0.5, 0.6) is 5.75 Å². The average molecular weight is 409 g/mol. The maximum atomic E-state index is 10.2. The Hall–Kier alpha value is -2.64. The molecule has 6 nitrogen and oxygen atoms in total. The summed E-state index contributed by atoms with van der Waals surface area (Å²) in [7, 11) is 1.66. The van der Waals surface area contributed by atoms with Crippen LogP contribution in [-0.2, 0) is 6.42 Å². The first-order chi connectivity index (χ1) is 14.2. The van der Waals surface area contributed by atoms with E-state index in [1.165, 1.54) is 5.56 Å². The van der Waals surface area contributed by atoms with Crippen molar-refractivity contribution in [3.63, 3.8) is 0 Å². The van der Waals surface area contributed by atoms with Gasteiger partial charge in [0.25, 0.3) is 0 Å². The summed E-state index contributed by atoms with van der Waals surface area (Å²) in [5.41, 5.74) is 4.24. The molecule has 0 bridgehead atoms. The number of hydrogen-bond acceptors (Lipinski definition) is 6. The molecule has 1 saturated carbocycles. The molecule has 1 aromatic carbocycles. The third-order valence-electron chi connectivity index (χ3n) is 5.67. The second kappa shape index (κ2) is 7.65. The van der Waals surface area contributed by atoms with Gasteiger partial charge in [-0.2, -0.15) is 0 Å². The van der Waals surface area contributed by atoms with Gasteiger partial charge < -0.3 is 19.6 Å². The van der Waals surface area contributed by atoms with Crippen molar-refractivity contribution in [1.29, 1.82) is 0 Å². The van der Waals surface area contributed by atoms with Crippen LogP contribution in [0.3, 0.4) is 0 Å². The molecule has 0 saturated heterocycles. The zero-order valence-electron chi connectivity index (χ0n) is 16.3. The Bertz CT molecular complexity index is 1150. The highest BCUT2D eigenvalue weighted by Gasteiger charge is 2.23. The number of fused-ring (bicyclic) bond motifs is 2. The number of aromatic nitrogens is 3. The standard InChI is InChI=1S/C22H24N4O2S/c1-28-16-8-9-26-15(13-23-21(26)12-16)10-14-6-7-18-20(11-14)29-22(25-18)24-17-4-2-3-5-19(17)27/h6-9,11-13,17,19,27H,2-5,10H2,1H3,(H,24,25)/t17-,19-/m1/s1. The fourth-order valence-corrected chi connectivity index (χ4v) is 5.05. The van der Waals surface area contributed by atoms with Gasteiger partial charge in [0.05, 0.1) is 29.5 Å². The van der Waals surface area contributed by atoms with E-state index < -0.39 is 0 Å². The van der Waals surface area contributed by atoms with E-state index in [4.69, 9.17) is 9.72 Å². The highest BCUT2D eigenvalue weighted by Crippen LogP contribution is 2.30. The van der Waals surface area contributed by atoms with Gasteiger partial charge in [-0.15, -0.1) is 0 Å². The van der Waals surface area contributed by atoms with E-state index in [1.807, 2.05) is 24.5 Å². The normalized spacial score (nSPS) is 19.7. The van der Waals surface area contributed by atoms with Gasteiger partial charge >= 0.3 is 0 Å². The Labute approximate surface area is 173 Å². The Morgan fingerprint density at radius 3 is 3.00 bits per heavy atom. The molecule has 0 aliphatic heterocycles. The number of nitrogens with one attached hydrogen (secondary N) is 1. The van der Waals surface area contributed by atoms with E-state index in [1.54, 1.807) is 18.4 Å². The van der Waals surface area contributed by atoms with Crippen molar-refractivity contribution in [2.75, 3.05) is 12.4 Å². The number of methoxy groups -OCH3 is 1. The quantitative estimate of drug-likeness (QED) is 0.516. The third kappa shape index (κ3) is 3.68. The molecule has 4 aromatic rings. The molecule has 1 aliphatic rings. The number of hydrogen-bond donors (Lipinski definition) is 2. The smallest absolute Gasteiger partial charge is 0.184 e. The summed E-state index contributed by atoms with van der Waals surface area (Å²) in [4.78, 5) is 9.21. The van der Waals surface area contributed by atoms with Crippen molar-refractivity contribution in [2.24, 2.45) is 0 Å². The predicted molar refractivity (Wildman–Crippen MR) is 116 cm³/mol. The lowest BCUT2D eigenvalue weighted by Crippen LogP contribution is -2.36. The van der Waals surface area contributed by atoms with Gasteiger partial charge in [0.1, 0.15) is 11.4 Å². The molecule has 1 aliphatic carbocycles. The van der Waals surface area contributed by atoms with Crippen LogP contribution in [0.25, 0.3) is 15.9 Å². The zero-order chi connectivity index (χ0) is 19.8. The number of ether oxygens (including phenoxy) is 1. The first-order valence-electron chi connectivity index (χ1n) is 10.0. The number of aliphatic hydroxyl groups excluding tert-OH is 1. The molecule has 2 atom stereocenters. The van der Waals surface area contributed by atoms with Crippen LogP contribution in [0.1, 0.15) is 36.9 Å². The minimum Gasteiger partial charge on any atom is -0.497 e. The van der Waals surface area contributed by atoms with Crippen molar-refractivity contribution in [3.05, 3.63) is 54.0 Å². The molecule has 3 aromatic heterocycles. The molecular weight excluding hydrogens is 384 g/mol. The van der Waals surface area contributed by atoms with Crippen molar-refractivity contribution in [3.8, 4) is 5.75 Å². The summed E-state index contributed by atoms with van der Waals surface area (Å²) < 4.78 is 8.53. The molecule has 29 heavy (non-hydrogen) atoms. The maximum absolute atomic E-state index is 10.2. The van der Waals surface area contributed by atoms with E-state index in [0.29, 0.717) is 0 Å². The molecule has 1 fully saturated rings. The number of anilines is 1. The van der Waals surface area contributed by atoms with E-state index in [0.717, 1.165) is 64.5 Å². The second-order valence-corrected chi connectivity index (χ2v) is 8.68. The lowest BCUT2D eigenvalue weighted by atomic mass is 9.93. The molecule has 0 unspecified atom stereocenters. The minimum absolute atomic E-state index is 0.110. The lowest BCUT2D eigenvalue weighted by molar-refractivity contribution is 0.116. The van der Waals surface area contributed by atoms with Crippen molar-refractivity contribution in [1.82, 2.24) is 14.4 Å². The maximum Gasteiger partial charge on any atom is 0.184 e. The lowest BCUT2D eigenvalue weighted by Gasteiger charge is -2.27. The molecular formula is C22H24N4O2S. The summed E-state index contributed by atoms with van der Waals surface area (Å²) in [6.45, 7) is 0. The fourth-order valence-electron chi connectivity index (χ4n) is 4.06. The van der Waals surface area contributed by atoms with Crippen LogP contribution in [0.4, 0.5) is 5.13 Å². The molecule has 150 valence electrons. The van der Waals surface area contributed by atoms with Crippen LogP contribution in [0.2, 0.25) is 0 Å². The second-order valence-electron chi connectivity index (χ2n) is 7.64. The number of rotatable bonds is 5. The van der Waals surface area contributed by atoms with Crippen LogP contribution >= 0.6 is 11.3 Å². The van der Waals surface area contributed by atoms with Gasteiger partial charge in [0.15, 0.2) is 5.13 Å². The van der Waals surface area contributed by atoms with Crippen LogP contribution in [0, 0.1) is 0 Å². The fraction of sp³-hybridized carbons (Fsp3) is 0.364. The Morgan fingerprint density at radius 1 is 1.24 bits per heavy atom. The molecule has 0 spiro atoms. The molecule has 0 amide bonds. The number of aliphatic hydroxyl groups is 1. The minimum atomic E-state index is -0.278. The number of thiazole rings is 1. The predicted octanol–water partition coefficient (Wildman–Crippen LogP) is 4.26. The van der Waals surface area contributed by atoms with Crippen molar-refractivity contribution < 1.29 is 9.84 Å². The van der Waals surface area contributed by atoms with Gasteiger partial charge in [-0.1, -0.05) is 30.2 Å². The summed E-state index contributed by atoms with van der Waals surface area (Å²) in [5, 5.41) is 14.6. The molecule has 5 rings (SSSR count). The third-order valence-corrected chi connectivity index (χ3v) is 6.62. The molecule has 2 N–H and O–H groups in total. The topological polar surface area (TPSA) is 71.7 Å². The number of imidazole rings is 1. The Balaban J connectivity index is 1.37. The van der Waals surface area contributed by atoms with Gasteiger partial charge in [-0.3, -0.25) is 0 Å². The van der Waals surface area contributed by atoms with Crippen molar-refractivity contribution >= 4 is 32.3 Å². The van der Waals surface area contributed by atoms with E-state index in [9.17, 15) is 5.11 Å². The van der Waals surface area contributed by atoms with Crippen molar-refractivity contribution in [2.45, 2.75) is 44.2 Å². The van der Waals surface area contributed by atoms with Crippen LogP contribution in [-0.4, -0.2) is 38.7 Å². The first-order valence-corrected chi connectivity index (χ1v) is 10.9. The summed E-state index contributed by atoms with van der Waals surface area (Å²) >= 11 is 1.66. The van der Waals surface area contributed by atoms with E-state index in [-0.39, 0.29) is 12.1 Å². The largest absolute Gasteiger partial charge is 0.497 e. The van der Waals surface area contributed by atoms with Crippen LogP contribution in [0.15, 0.2) is 42.7 Å². The molecule has 3 heterocycles. The van der Waals surface area contributed by atoms with Gasteiger partial charge in [0.2, 0.25) is 0 Å². The molecule has 0 radical (unpaired) electrons. The monoisotopic (exact) mass is 408 g/mol. The van der Waals surface area contributed by atoms with E-state index in [2.05, 4.69) is 32.9 Å². The van der Waals surface area contributed by atoms with Gasteiger partial charge in [-0.05, 0) is 36.6 Å². The highest BCUT2D eigenvalue weighted by molar-refractivity contribution is 7.22. The summed E-state index contributed by atoms with van der Waals surface area (Å²) in [6, 6.07) is 10.4. The number of nitrogens with zero attached hydrogens (tertiary/aromatic N) is 3. The van der Waals surface area contributed by atoms with E-state index >= 15 is 0 Å². The van der Waals surface area contributed by atoms with Gasteiger partial charge in [-0.25, -0.2) is 9.97 Å². The first kappa shape index (κ1) is 18.4. The summed E-state index contributed by atoms with van der Waals surface area (Å²) in [5.74, 6) is 0.809. The molecule has 7 heteroatoms. The highest BCUT2D eigenvalue weighted by atomic mass is 32.1. The SMILES string of the molecule is COc1ccn2c(Cc3ccc4nc(N[C@@H]5CCCC[C@H]5O)sc4c3)cnc2c1.